The lowest BCUT2D eigenvalue weighted by Gasteiger charge is -2.22. The van der Waals surface area contributed by atoms with E-state index in [1.807, 2.05) is 13.8 Å². The highest BCUT2D eigenvalue weighted by Crippen LogP contribution is 2.01. The van der Waals surface area contributed by atoms with Crippen molar-refractivity contribution in [1.29, 1.82) is 0 Å². The van der Waals surface area contributed by atoms with Gasteiger partial charge in [0.25, 0.3) is 0 Å². The number of aromatic nitrogens is 3. The maximum absolute atomic E-state index is 12.1. The van der Waals surface area contributed by atoms with Gasteiger partial charge in [0.1, 0.15) is 6.54 Å². The van der Waals surface area contributed by atoms with Crippen LogP contribution in [0.3, 0.4) is 0 Å². The van der Waals surface area contributed by atoms with Crippen molar-refractivity contribution in [2.75, 3.05) is 13.1 Å². The van der Waals surface area contributed by atoms with Crippen molar-refractivity contribution >= 4 is 11.8 Å². The van der Waals surface area contributed by atoms with Gasteiger partial charge in [-0.05, 0) is 5.92 Å². The molecule has 1 rings (SSSR count). The number of carbonyl (C=O) groups excluding carboxylic acids is 2. The molecule has 0 bridgehead atoms. The fourth-order valence-electron chi connectivity index (χ4n) is 1.63. The topological polar surface area (TPSA) is 120 Å². The summed E-state index contributed by atoms with van der Waals surface area (Å²) in [6, 6.07) is 0. The summed E-state index contributed by atoms with van der Waals surface area (Å²) in [4.78, 5) is 24.5. The van der Waals surface area contributed by atoms with Crippen LogP contribution in [0.4, 0.5) is 0 Å². The minimum atomic E-state index is -0.532. The summed E-state index contributed by atoms with van der Waals surface area (Å²) in [5.74, 6) is -0.505. The Morgan fingerprint density at radius 1 is 1.47 bits per heavy atom. The molecule has 19 heavy (non-hydrogen) atoms. The van der Waals surface area contributed by atoms with Gasteiger partial charge in [-0.1, -0.05) is 19.1 Å². The van der Waals surface area contributed by atoms with E-state index in [2.05, 4.69) is 10.3 Å². The van der Waals surface area contributed by atoms with Crippen LogP contribution in [0.15, 0.2) is 6.20 Å². The lowest BCUT2D eigenvalue weighted by Crippen LogP contribution is -2.42. The first-order valence-electron chi connectivity index (χ1n) is 6.07. The minimum Gasteiger partial charge on any atom is -0.368 e. The van der Waals surface area contributed by atoms with E-state index >= 15 is 0 Å². The molecule has 0 atom stereocenters. The fraction of sp³-hybridized carbons (Fsp3) is 0.636. The Bertz CT molecular complexity index is 442. The van der Waals surface area contributed by atoms with Crippen molar-refractivity contribution in [3.05, 3.63) is 11.9 Å². The van der Waals surface area contributed by atoms with Gasteiger partial charge >= 0.3 is 0 Å². The second-order valence-corrected chi connectivity index (χ2v) is 4.75. The summed E-state index contributed by atoms with van der Waals surface area (Å²) in [6.07, 6.45) is 1.61. The van der Waals surface area contributed by atoms with Crippen molar-refractivity contribution in [1.82, 2.24) is 19.9 Å². The molecule has 0 fully saturated rings. The van der Waals surface area contributed by atoms with Crippen LogP contribution >= 0.6 is 0 Å². The first-order chi connectivity index (χ1) is 8.92. The predicted molar refractivity (Wildman–Crippen MR) is 68.5 cm³/mol. The largest absolute Gasteiger partial charge is 0.368 e. The van der Waals surface area contributed by atoms with Crippen molar-refractivity contribution in [2.24, 2.45) is 17.4 Å². The van der Waals surface area contributed by atoms with Crippen LogP contribution < -0.4 is 11.5 Å². The Morgan fingerprint density at radius 3 is 2.63 bits per heavy atom. The standard InChI is InChI=1S/C11H20N6O2/c1-8(2)4-16(6-10(13)18)11(19)7-17-5-9(3-12)14-15-17/h5,8H,3-4,6-7,12H2,1-2H3,(H2,13,18). The van der Waals surface area contributed by atoms with Crippen LogP contribution in [0.2, 0.25) is 0 Å². The molecule has 0 aromatic carbocycles. The lowest BCUT2D eigenvalue weighted by atomic mass is 10.2. The minimum absolute atomic E-state index is 0.0208. The molecule has 0 aliphatic rings. The van der Waals surface area contributed by atoms with E-state index in [1.54, 1.807) is 6.20 Å². The summed E-state index contributed by atoms with van der Waals surface area (Å²) in [6.45, 7) is 4.60. The van der Waals surface area contributed by atoms with Crippen molar-refractivity contribution in [3.63, 3.8) is 0 Å². The molecule has 0 radical (unpaired) electrons. The zero-order chi connectivity index (χ0) is 14.4. The van der Waals surface area contributed by atoms with Gasteiger partial charge in [0, 0.05) is 13.1 Å². The molecule has 0 unspecified atom stereocenters. The molecular weight excluding hydrogens is 248 g/mol. The molecule has 0 saturated carbocycles. The maximum Gasteiger partial charge on any atom is 0.244 e. The molecule has 8 heteroatoms. The number of rotatable bonds is 7. The third-order valence-electron chi connectivity index (χ3n) is 2.38. The van der Waals surface area contributed by atoms with E-state index in [0.29, 0.717) is 12.2 Å². The first kappa shape index (κ1) is 15.1. The predicted octanol–water partition coefficient (Wildman–Crippen LogP) is -1.29. The quantitative estimate of drug-likeness (QED) is 0.637. The third-order valence-corrected chi connectivity index (χ3v) is 2.38. The molecule has 4 N–H and O–H groups in total. The van der Waals surface area contributed by atoms with E-state index in [9.17, 15) is 9.59 Å². The average molecular weight is 268 g/mol. The number of hydrogen-bond donors (Lipinski definition) is 2. The molecule has 0 aliphatic carbocycles. The Morgan fingerprint density at radius 2 is 2.16 bits per heavy atom. The molecule has 0 spiro atoms. The highest BCUT2D eigenvalue weighted by atomic mass is 16.2. The van der Waals surface area contributed by atoms with Gasteiger partial charge in [-0.3, -0.25) is 9.59 Å². The molecular formula is C11H20N6O2. The molecule has 2 amide bonds. The lowest BCUT2D eigenvalue weighted by molar-refractivity contribution is -0.136. The molecule has 0 saturated heterocycles. The highest BCUT2D eigenvalue weighted by Gasteiger charge is 2.18. The van der Waals surface area contributed by atoms with Gasteiger partial charge in [0.05, 0.1) is 18.4 Å². The van der Waals surface area contributed by atoms with E-state index in [1.165, 1.54) is 9.58 Å². The number of nitrogens with two attached hydrogens (primary N) is 2. The van der Waals surface area contributed by atoms with E-state index in [-0.39, 0.29) is 31.5 Å². The molecule has 106 valence electrons. The fourth-order valence-corrected chi connectivity index (χ4v) is 1.63. The van der Waals surface area contributed by atoms with Crippen LogP contribution in [-0.4, -0.2) is 44.8 Å². The Kier molecular flexibility index (Phi) is 5.43. The summed E-state index contributed by atoms with van der Waals surface area (Å²) in [7, 11) is 0. The van der Waals surface area contributed by atoms with Gasteiger partial charge in [-0.15, -0.1) is 5.10 Å². The number of nitrogens with zero attached hydrogens (tertiary/aromatic N) is 4. The smallest absolute Gasteiger partial charge is 0.244 e. The van der Waals surface area contributed by atoms with Crippen molar-refractivity contribution in [2.45, 2.75) is 26.9 Å². The zero-order valence-electron chi connectivity index (χ0n) is 11.2. The van der Waals surface area contributed by atoms with Crippen LogP contribution in [0.25, 0.3) is 0 Å². The Hall–Kier alpha value is -1.96. The normalized spacial score (nSPS) is 10.7. The van der Waals surface area contributed by atoms with Crippen LogP contribution in [0.1, 0.15) is 19.5 Å². The average Bonchev–Trinajstić information content (AvgIpc) is 2.74. The summed E-state index contributed by atoms with van der Waals surface area (Å²) in [5.41, 5.74) is 11.2. The van der Waals surface area contributed by atoms with Gasteiger partial charge in [0.2, 0.25) is 11.8 Å². The van der Waals surface area contributed by atoms with Crippen LogP contribution in [0, 0.1) is 5.92 Å². The third kappa shape index (κ3) is 5.04. The van der Waals surface area contributed by atoms with Gasteiger partial charge in [-0.25, -0.2) is 4.68 Å². The molecule has 1 aromatic rings. The number of primary amides is 1. The second kappa shape index (κ2) is 6.83. The zero-order valence-corrected chi connectivity index (χ0v) is 11.2. The first-order valence-corrected chi connectivity index (χ1v) is 6.07. The monoisotopic (exact) mass is 268 g/mol. The highest BCUT2D eigenvalue weighted by molar-refractivity contribution is 5.83. The molecule has 1 aromatic heterocycles. The van der Waals surface area contributed by atoms with Crippen LogP contribution in [0.5, 0.6) is 0 Å². The number of hydrogen-bond acceptors (Lipinski definition) is 5. The van der Waals surface area contributed by atoms with Crippen molar-refractivity contribution in [3.8, 4) is 0 Å². The molecule has 8 nitrogen and oxygen atoms in total. The Balaban J connectivity index is 2.67. The summed E-state index contributed by atoms with van der Waals surface area (Å²) >= 11 is 0. The SMILES string of the molecule is CC(C)CN(CC(N)=O)C(=O)Cn1cc(CN)nn1. The summed E-state index contributed by atoms with van der Waals surface area (Å²) < 4.78 is 1.40. The molecule has 1 heterocycles. The maximum atomic E-state index is 12.1. The van der Waals surface area contributed by atoms with Gasteiger partial charge in [-0.2, -0.15) is 0 Å². The number of carbonyl (C=O) groups is 2. The Labute approximate surface area is 111 Å². The van der Waals surface area contributed by atoms with Gasteiger partial charge in [0.15, 0.2) is 0 Å². The van der Waals surface area contributed by atoms with Crippen LogP contribution in [-0.2, 0) is 22.7 Å². The van der Waals surface area contributed by atoms with E-state index in [4.69, 9.17) is 11.5 Å². The van der Waals surface area contributed by atoms with E-state index in [0.717, 1.165) is 0 Å². The van der Waals surface area contributed by atoms with Crippen molar-refractivity contribution < 1.29 is 9.59 Å². The van der Waals surface area contributed by atoms with Gasteiger partial charge < -0.3 is 16.4 Å². The molecule has 0 aliphatic heterocycles. The summed E-state index contributed by atoms with van der Waals surface area (Å²) in [5, 5.41) is 7.59. The second-order valence-electron chi connectivity index (χ2n) is 4.75. The van der Waals surface area contributed by atoms with E-state index < -0.39 is 5.91 Å². The number of amides is 2.